The summed E-state index contributed by atoms with van der Waals surface area (Å²) < 4.78 is 18.2. The van der Waals surface area contributed by atoms with Crippen LogP contribution in [0.4, 0.5) is 10.1 Å². The van der Waals surface area contributed by atoms with Crippen LogP contribution in [0.3, 0.4) is 0 Å². The Morgan fingerprint density at radius 3 is 3.05 bits per heavy atom. The van der Waals surface area contributed by atoms with E-state index in [9.17, 15) is 9.18 Å². The first-order valence-electron chi connectivity index (χ1n) is 6.64. The van der Waals surface area contributed by atoms with Gasteiger partial charge in [-0.2, -0.15) is 0 Å². The van der Waals surface area contributed by atoms with Gasteiger partial charge in [-0.1, -0.05) is 6.07 Å². The zero-order chi connectivity index (χ0) is 13.5. The largest absolute Gasteiger partial charge is 0.385 e. The molecule has 0 radical (unpaired) electrons. The fourth-order valence-corrected chi connectivity index (χ4v) is 2.03. The highest BCUT2D eigenvalue weighted by atomic mass is 19.1. The standard InChI is InChI=1S/C14H19FN2O2/c15-11-4-1-5-12(10-11)16-7-3-8-17-14(18)13-6-2-9-19-13/h1,4-5,10,13,16H,2-3,6-9H2,(H,17,18)/t13-/m1/s1. The van der Waals surface area contributed by atoms with Crippen LogP contribution in [0.1, 0.15) is 19.3 Å². The number of hydrogen-bond acceptors (Lipinski definition) is 3. The number of rotatable bonds is 6. The molecule has 1 fully saturated rings. The van der Waals surface area contributed by atoms with Crippen molar-refractivity contribution in [2.24, 2.45) is 0 Å². The first kappa shape index (κ1) is 13.8. The van der Waals surface area contributed by atoms with Crippen LogP contribution in [0, 0.1) is 5.82 Å². The van der Waals surface area contributed by atoms with Crippen molar-refractivity contribution in [2.45, 2.75) is 25.4 Å². The van der Waals surface area contributed by atoms with E-state index < -0.39 is 0 Å². The number of amides is 1. The summed E-state index contributed by atoms with van der Waals surface area (Å²) in [5.74, 6) is -0.278. The second kappa shape index (κ2) is 7.09. The molecule has 2 rings (SSSR count). The maximum atomic E-state index is 12.9. The molecule has 1 heterocycles. The predicted molar refractivity (Wildman–Crippen MR) is 71.5 cm³/mol. The molecule has 1 amide bonds. The fraction of sp³-hybridized carbons (Fsp3) is 0.500. The van der Waals surface area contributed by atoms with Crippen LogP contribution in [0.15, 0.2) is 24.3 Å². The van der Waals surface area contributed by atoms with Gasteiger partial charge in [0.15, 0.2) is 0 Å². The molecule has 0 unspecified atom stereocenters. The lowest BCUT2D eigenvalue weighted by atomic mass is 10.2. The maximum absolute atomic E-state index is 12.9. The van der Waals surface area contributed by atoms with E-state index in [0.717, 1.165) is 24.9 Å². The SMILES string of the molecule is O=C(NCCCNc1cccc(F)c1)[C@H]1CCCO1. The van der Waals surface area contributed by atoms with E-state index in [1.165, 1.54) is 12.1 Å². The van der Waals surface area contributed by atoms with Crippen LogP contribution >= 0.6 is 0 Å². The Bertz CT molecular complexity index is 420. The Hall–Kier alpha value is -1.62. The van der Waals surface area contributed by atoms with E-state index in [-0.39, 0.29) is 17.8 Å². The molecule has 1 atom stereocenters. The Balaban J connectivity index is 1.58. The number of carbonyl (C=O) groups excluding carboxylic acids is 1. The molecule has 1 saturated heterocycles. The van der Waals surface area contributed by atoms with E-state index in [1.54, 1.807) is 6.07 Å². The van der Waals surface area contributed by atoms with E-state index in [4.69, 9.17) is 4.74 Å². The molecule has 104 valence electrons. The van der Waals surface area contributed by atoms with E-state index >= 15 is 0 Å². The number of halogens is 1. The van der Waals surface area contributed by atoms with Crippen molar-refractivity contribution in [3.8, 4) is 0 Å². The highest BCUT2D eigenvalue weighted by Crippen LogP contribution is 2.11. The lowest BCUT2D eigenvalue weighted by molar-refractivity contribution is -0.130. The quantitative estimate of drug-likeness (QED) is 0.773. The molecule has 2 N–H and O–H groups in total. The summed E-state index contributed by atoms with van der Waals surface area (Å²) in [6.45, 7) is 1.97. The molecular weight excluding hydrogens is 247 g/mol. The number of anilines is 1. The third kappa shape index (κ3) is 4.52. The van der Waals surface area contributed by atoms with Crippen LogP contribution < -0.4 is 10.6 Å². The summed E-state index contributed by atoms with van der Waals surface area (Å²) in [7, 11) is 0. The second-order valence-corrected chi connectivity index (χ2v) is 4.58. The predicted octanol–water partition coefficient (Wildman–Crippen LogP) is 1.92. The zero-order valence-corrected chi connectivity index (χ0v) is 10.8. The van der Waals surface area contributed by atoms with E-state index in [0.29, 0.717) is 19.7 Å². The van der Waals surface area contributed by atoms with Gasteiger partial charge in [0.1, 0.15) is 11.9 Å². The Morgan fingerprint density at radius 1 is 1.42 bits per heavy atom. The van der Waals surface area contributed by atoms with Crippen LogP contribution in [-0.2, 0) is 9.53 Å². The van der Waals surface area contributed by atoms with Crippen LogP contribution in [0.2, 0.25) is 0 Å². The van der Waals surface area contributed by atoms with Crippen molar-refractivity contribution >= 4 is 11.6 Å². The van der Waals surface area contributed by atoms with Crippen molar-refractivity contribution < 1.29 is 13.9 Å². The molecule has 0 aromatic heterocycles. The maximum Gasteiger partial charge on any atom is 0.249 e. The number of nitrogens with one attached hydrogen (secondary N) is 2. The topological polar surface area (TPSA) is 50.4 Å². The van der Waals surface area contributed by atoms with Gasteiger partial charge >= 0.3 is 0 Å². The molecule has 1 aliphatic heterocycles. The third-order valence-electron chi connectivity index (χ3n) is 3.03. The molecule has 0 spiro atoms. The van der Waals surface area contributed by atoms with Gasteiger partial charge in [0.25, 0.3) is 0 Å². The number of ether oxygens (including phenoxy) is 1. The third-order valence-corrected chi connectivity index (χ3v) is 3.03. The van der Waals surface area contributed by atoms with Crippen LogP contribution in [0.25, 0.3) is 0 Å². The van der Waals surface area contributed by atoms with Gasteiger partial charge < -0.3 is 15.4 Å². The molecule has 0 saturated carbocycles. The summed E-state index contributed by atoms with van der Waals surface area (Å²) in [4.78, 5) is 11.6. The highest BCUT2D eigenvalue weighted by molar-refractivity contribution is 5.80. The highest BCUT2D eigenvalue weighted by Gasteiger charge is 2.22. The number of carbonyl (C=O) groups is 1. The molecule has 0 bridgehead atoms. The van der Waals surface area contributed by atoms with E-state index in [1.807, 2.05) is 6.07 Å². The zero-order valence-electron chi connectivity index (χ0n) is 10.8. The Morgan fingerprint density at radius 2 is 2.32 bits per heavy atom. The molecule has 5 heteroatoms. The number of hydrogen-bond donors (Lipinski definition) is 2. The minimum absolute atomic E-state index is 0.0248. The summed E-state index contributed by atoms with van der Waals surface area (Å²) in [5.41, 5.74) is 0.755. The first-order valence-corrected chi connectivity index (χ1v) is 6.64. The molecule has 1 aromatic rings. The summed E-state index contributed by atoms with van der Waals surface area (Å²) in [6, 6.07) is 6.34. The van der Waals surface area contributed by atoms with Crippen molar-refractivity contribution in [3.05, 3.63) is 30.1 Å². The van der Waals surface area contributed by atoms with Crippen LogP contribution in [-0.4, -0.2) is 31.7 Å². The number of benzene rings is 1. The van der Waals surface area contributed by atoms with Gasteiger partial charge in [0.05, 0.1) is 0 Å². The summed E-state index contributed by atoms with van der Waals surface area (Å²) in [5, 5.41) is 5.95. The summed E-state index contributed by atoms with van der Waals surface area (Å²) >= 11 is 0. The van der Waals surface area contributed by atoms with Crippen molar-refractivity contribution in [2.75, 3.05) is 25.0 Å². The fourth-order valence-electron chi connectivity index (χ4n) is 2.03. The van der Waals surface area contributed by atoms with Gasteiger partial charge in [0.2, 0.25) is 5.91 Å². The molecule has 1 aliphatic rings. The molecule has 0 aliphatic carbocycles. The Labute approximate surface area is 112 Å². The minimum atomic E-state index is -0.267. The van der Waals surface area contributed by atoms with Gasteiger partial charge in [-0.3, -0.25) is 4.79 Å². The minimum Gasteiger partial charge on any atom is -0.385 e. The van der Waals surface area contributed by atoms with Gasteiger partial charge in [-0.15, -0.1) is 0 Å². The molecular formula is C14H19FN2O2. The monoisotopic (exact) mass is 266 g/mol. The van der Waals surface area contributed by atoms with Crippen LogP contribution in [0.5, 0.6) is 0 Å². The lowest BCUT2D eigenvalue weighted by Gasteiger charge is -2.11. The first-order chi connectivity index (χ1) is 9.25. The molecule has 4 nitrogen and oxygen atoms in total. The van der Waals surface area contributed by atoms with Gasteiger partial charge in [-0.25, -0.2) is 4.39 Å². The average molecular weight is 266 g/mol. The molecule has 19 heavy (non-hydrogen) atoms. The molecule has 1 aromatic carbocycles. The average Bonchev–Trinajstić information content (AvgIpc) is 2.92. The van der Waals surface area contributed by atoms with Gasteiger partial charge in [-0.05, 0) is 37.5 Å². The Kier molecular flexibility index (Phi) is 5.15. The lowest BCUT2D eigenvalue weighted by Crippen LogP contribution is -2.35. The van der Waals surface area contributed by atoms with E-state index in [2.05, 4.69) is 10.6 Å². The second-order valence-electron chi connectivity index (χ2n) is 4.58. The van der Waals surface area contributed by atoms with Crippen molar-refractivity contribution in [1.29, 1.82) is 0 Å². The smallest absolute Gasteiger partial charge is 0.249 e. The summed E-state index contributed by atoms with van der Waals surface area (Å²) in [6.07, 6.45) is 2.29. The van der Waals surface area contributed by atoms with Gasteiger partial charge in [0, 0.05) is 25.4 Å². The normalized spacial score (nSPS) is 18.3. The van der Waals surface area contributed by atoms with Crippen molar-refractivity contribution in [1.82, 2.24) is 5.32 Å². The van der Waals surface area contributed by atoms with Crippen molar-refractivity contribution in [3.63, 3.8) is 0 Å².